The highest BCUT2D eigenvalue weighted by Gasteiger charge is 2.29. The van der Waals surface area contributed by atoms with Crippen LogP contribution in [0.3, 0.4) is 0 Å². The van der Waals surface area contributed by atoms with Gasteiger partial charge >= 0.3 is 5.97 Å². The van der Waals surface area contributed by atoms with Crippen molar-refractivity contribution in [2.45, 2.75) is 116 Å². The Balaban J connectivity index is 3.77. The number of rotatable bonds is 21. The van der Waals surface area contributed by atoms with Crippen LogP contribution < -0.4 is 11.5 Å². The number of hydrogen-bond donors (Lipinski definition) is 3. The smallest absolute Gasteiger partial charge is 0.314 e. The van der Waals surface area contributed by atoms with Crippen molar-refractivity contribution in [1.82, 2.24) is 0 Å². The Labute approximate surface area is 178 Å². The SMILES string of the molecule is CCCCCCCC/C=C\CCCCCCC(C(=O)O)C(=O)[C@@H](N)CCCCN. The number of carbonyl (C=O) groups excluding carboxylic acids is 1. The van der Waals surface area contributed by atoms with Crippen molar-refractivity contribution >= 4 is 11.8 Å². The largest absolute Gasteiger partial charge is 0.481 e. The van der Waals surface area contributed by atoms with Crippen LogP contribution in [-0.4, -0.2) is 29.4 Å². The van der Waals surface area contributed by atoms with E-state index in [1.807, 2.05) is 0 Å². The predicted octanol–water partition coefficient (Wildman–Crippen LogP) is 5.36. The summed E-state index contributed by atoms with van der Waals surface area (Å²) in [6.07, 6.45) is 21.3. The minimum absolute atomic E-state index is 0.327. The van der Waals surface area contributed by atoms with Gasteiger partial charge in [-0.1, -0.05) is 76.9 Å². The van der Waals surface area contributed by atoms with Crippen LogP contribution in [0, 0.1) is 5.92 Å². The highest BCUT2D eigenvalue weighted by Crippen LogP contribution is 2.16. The lowest BCUT2D eigenvalue weighted by atomic mass is 9.90. The first-order valence-electron chi connectivity index (χ1n) is 11.9. The average Bonchev–Trinajstić information content (AvgIpc) is 2.70. The van der Waals surface area contributed by atoms with E-state index >= 15 is 0 Å². The number of ketones is 1. The second kappa shape index (κ2) is 20.1. The van der Waals surface area contributed by atoms with Crippen molar-refractivity contribution in [3.8, 4) is 0 Å². The molecule has 0 radical (unpaired) electrons. The zero-order valence-electron chi connectivity index (χ0n) is 18.7. The van der Waals surface area contributed by atoms with Crippen molar-refractivity contribution in [2.75, 3.05) is 6.54 Å². The Hall–Kier alpha value is -1.20. The molecule has 5 heteroatoms. The fraction of sp³-hybridized carbons (Fsp3) is 0.833. The zero-order chi connectivity index (χ0) is 21.7. The molecule has 0 aliphatic heterocycles. The molecule has 0 aliphatic carbocycles. The summed E-state index contributed by atoms with van der Waals surface area (Å²) in [4.78, 5) is 23.7. The maximum absolute atomic E-state index is 12.3. The molecular formula is C24H46N2O3. The van der Waals surface area contributed by atoms with Gasteiger partial charge in [-0.2, -0.15) is 0 Å². The fourth-order valence-electron chi connectivity index (χ4n) is 3.54. The molecule has 5 nitrogen and oxygen atoms in total. The summed E-state index contributed by atoms with van der Waals surface area (Å²) in [5.41, 5.74) is 11.3. The molecule has 29 heavy (non-hydrogen) atoms. The molecule has 0 aromatic carbocycles. The molecule has 0 bridgehead atoms. The molecule has 1 unspecified atom stereocenters. The van der Waals surface area contributed by atoms with Gasteiger partial charge < -0.3 is 16.6 Å². The van der Waals surface area contributed by atoms with Crippen molar-refractivity contribution < 1.29 is 14.7 Å². The minimum Gasteiger partial charge on any atom is -0.481 e. The fourth-order valence-corrected chi connectivity index (χ4v) is 3.54. The quantitative estimate of drug-likeness (QED) is 0.134. The molecule has 0 fully saturated rings. The van der Waals surface area contributed by atoms with Gasteiger partial charge in [-0.15, -0.1) is 0 Å². The summed E-state index contributed by atoms with van der Waals surface area (Å²) in [7, 11) is 0. The van der Waals surface area contributed by atoms with E-state index in [2.05, 4.69) is 19.1 Å². The summed E-state index contributed by atoms with van der Waals surface area (Å²) in [6.45, 7) is 2.81. The number of Topliss-reactive ketones (excluding diaryl/α,β-unsaturated/α-hetero) is 1. The Morgan fingerprint density at radius 1 is 0.793 bits per heavy atom. The van der Waals surface area contributed by atoms with Crippen LogP contribution in [0.1, 0.15) is 110 Å². The Bertz CT molecular complexity index is 438. The van der Waals surface area contributed by atoms with Crippen LogP contribution >= 0.6 is 0 Å². The number of unbranched alkanes of at least 4 members (excludes halogenated alkanes) is 11. The molecule has 0 heterocycles. The van der Waals surface area contributed by atoms with E-state index < -0.39 is 17.9 Å². The van der Waals surface area contributed by atoms with Crippen molar-refractivity contribution in [1.29, 1.82) is 0 Å². The van der Waals surface area contributed by atoms with Gasteiger partial charge in [0.25, 0.3) is 0 Å². The molecule has 2 atom stereocenters. The van der Waals surface area contributed by atoms with Crippen molar-refractivity contribution in [3.63, 3.8) is 0 Å². The summed E-state index contributed by atoms with van der Waals surface area (Å²) in [6, 6.07) is -0.681. The average molecular weight is 411 g/mol. The van der Waals surface area contributed by atoms with Gasteiger partial charge in [0.2, 0.25) is 0 Å². The predicted molar refractivity (Wildman–Crippen MR) is 122 cm³/mol. The number of allylic oxidation sites excluding steroid dienone is 2. The first-order chi connectivity index (χ1) is 14.0. The Morgan fingerprint density at radius 3 is 1.86 bits per heavy atom. The summed E-state index contributed by atoms with van der Waals surface area (Å²) in [5, 5.41) is 9.36. The standard InChI is InChI=1S/C24H46N2O3/c1-2-3-4-5-6-7-8-9-10-11-12-13-14-15-18-21(24(28)29)23(27)22(26)19-16-17-20-25/h9-10,21-22H,2-8,11-20,25-26H2,1H3,(H,28,29)/b10-9-/t21?,22-/m0/s1. The molecule has 0 saturated heterocycles. The van der Waals surface area contributed by atoms with E-state index in [-0.39, 0.29) is 5.78 Å². The topological polar surface area (TPSA) is 106 Å². The molecule has 0 spiro atoms. The number of hydrogen-bond acceptors (Lipinski definition) is 4. The number of carboxylic acids is 1. The van der Waals surface area contributed by atoms with Crippen molar-refractivity contribution in [2.24, 2.45) is 17.4 Å². The molecule has 0 aliphatic rings. The summed E-state index contributed by atoms with van der Waals surface area (Å²) >= 11 is 0. The molecule has 0 rings (SSSR count). The monoisotopic (exact) mass is 410 g/mol. The number of aliphatic carboxylic acids is 1. The van der Waals surface area contributed by atoms with Crippen LogP contribution in [0.4, 0.5) is 0 Å². The molecule has 0 amide bonds. The van der Waals surface area contributed by atoms with E-state index in [1.165, 1.54) is 44.9 Å². The van der Waals surface area contributed by atoms with Crippen LogP contribution in [0.15, 0.2) is 12.2 Å². The summed E-state index contributed by atoms with van der Waals surface area (Å²) in [5.74, 6) is -2.32. The minimum atomic E-state index is -1.04. The molecular weight excluding hydrogens is 364 g/mol. The normalized spacial score (nSPS) is 13.6. The van der Waals surface area contributed by atoms with Gasteiger partial charge in [0.05, 0.1) is 6.04 Å². The van der Waals surface area contributed by atoms with E-state index in [9.17, 15) is 14.7 Å². The van der Waals surface area contributed by atoms with E-state index in [1.54, 1.807) is 0 Å². The number of carboxylic acid groups (broad SMARTS) is 1. The highest BCUT2D eigenvalue weighted by atomic mass is 16.4. The molecule has 0 aromatic heterocycles. The third kappa shape index (κ3) is 16.3. The van der Waals surface area contributed by atoms with Crippen LogP contribution in [0.5, 0.6) is 0 Å². The zero-order valence-corrected chi connectivity index (χ0v) is 18.7. The maximum Gasteiger partial charge on any atom is 0.314 e. The van der Waals surface area contributed by atoms with Gasteiger partial charge in [0.1, 0.15) is 5.92 Å². The Kier molecular flexibility index (Phi) is 19.3. The lowest BCUT2D eigenvalue weighted by Gasteiger charge is -2.16. The number of nitrogens with two attached hydrogens (primary N) is 2. The molecule has 170 valence electrons. The van der Waals surface area contributed by atoms with Gasteiger partial charge in [-0.25, -0.2) is 0 Å². The number of carbonyl (C=O) groups is 2. The van der Waals surface area contributed by atoms with Gasteiger partial charge in [0.15, 0.2) is 5.78 Å². The van der Waals surface area contributed by atoms with Gasteiger partial charge in [-0.05, 0) is 51.5 Å². The second-order valence-electron chi connectivity index (χ2n) is 8.20. The Morgan fingerprint density at radius 2 is 1.31 bits per heavy atom. The van der Waals surface area contributed by atoms with Crippen LogP contribution in [-0.2, 0) is 9.59 Å². The van der Waals surface area contributed by atoms with Crippen molar-refractivity contribution in [3.05, 3.63) is 12.2 Å². The van der Waals surface area contributed by atoms with E-state index in [0.29, 0.717) is 19.4 Å². The second-order valence-corrected chi connectivity index (χ2v) is 8.20. The maximum atomic E-state index is 12.3. The highest BCUT2D eigenvalue weighted by molar-refractivity contribution is 6.00. The molecule has 0 aromatic rings. The third-order valence-corrected chi connectivity index (χ3v) is 5.48. The van der Waals surface area contributed by atoms with E-state index in [4.69, 9.17) is 11.5 Å². The van der Waals surface area contributed by atoms with Crippen LogP contribution in [0.2, 0.25) is 0 Å². The van der Waals surface area contributed by atoms with Gasteiger partial charge in [0, 0.05) is 0 Å². The molecule has 0 saturated carbocycles. The third-order valence-electron chi connectivity index (χ3n) is 5.48. The van der Waals surface area contributed by atoms with E-state index in [0.717, 1.165) is 44.9 Å². The van der Waals surface area contributed by atoms with Gasteiger partial charge in [-0.3, -0.25) is 9.59 Å². The lowest BCUT2D eigenvalue weighted by Crippen LogP contribution is -2.39. The molecule has 5 N–H and O–H groups in total. The first kappa shape index (κ1) is 27.8. The first-order valence-corrected chi connectivity index (χ1v) is 11.9. The van der Waals surface area contributed by atoms with Crippen LogP contribution in [0.25, 0.3) is 0 Å². The summed E-state index contributed by atoms with van der Waals surface area (Å²) < 4.78 is 0. The lowest BCUT2D eigenvalue weighted by molar-refractivity contribution is -0.147.